The van der Waals surface area contributed by atoms with Crippen LogP contribution in [0.1, 0.15) is 22.3 Å². The molecule has 0 unspecified atom stereocenters. The quantitative estimate of drug-likeness (QED) is 0.608. The fraction of sp³-hybridized carbons (Fsp3) is 0.316. The molecule has 0 saturated carbocycles. The fourth-order valence-electron chi connectivity index (χ4n) is 3.17. The van der Waals surface area contributed by atoms with E-state index in [0.717, 1.165) is 30.7 Å². The first-order valence-corrected chi connectivity index (χ1v) is 8.64. The van der Waals surface area contributed by atoms with Gasteiger partial charge in [0.1, 0.15) is 0 Å². The first kappa shape index (κ1) is 18.9. The zero-order valence-corrected chi connectivity index (χ0v) is 14.6. The molecular formula is C19H19F2N3O3. The second-order valence-corrected chi connectivity index (χ2v) is 6.48. The average molecular weight is 375 g/mol. The number of nitrogens with zero attached hydrogens (tertiary/aromatic N) is 3. The maximum Gasteiger partial charge on any atom is 0.269 e. The van der Waals surface area contributed by atoms with Crippen LogP contribution in [0.15, 0.2) is 42.5 Å². The Morgan fingerprint density at radius 1 is 1.04 bits per heavy atom. The Bertz CT molecular complexity index is 860. The number of hydrogen-bond donors (Lipinski definition) is 0. The van der Waals surface area contributed by atoms with E-state index in [1.54, 1.807) is 17.0 Å². The minimum absolute atomic E-state index is 0.0532. The van der Waals surface area contributed by atoms with E-state index < -0.39 is 16.6 Å². The average Bonchev–Trinajstić information content (AvgIpc) is 2.89. The number of nitro groups is 1. The van der Waals surface area contributed by atoms with E-state index in [1.807, 2.05) is 6.07 Å². The van der Waals surface area contributed by atoms with E-state index in [0.29, 0.717) is 26.2 Å². The second-order valence-electron chi connectivity index (χ2n) is 6.48. The smallest absolute Gasteiger partial charge is 0.269 e. The summed E-state index contributed by atoms with van der Waals surface area (Å²) in [5, 5.41) is 10.9. The number of benzene rings is 2. The lowest BCUT2D eigenvalue weighted by atomic mass is 10.2. The van der Waals surface area contributed by atoms with Gasteiger partial charge in [0.2, 0.25) is 0 Å². The maximum absolute atomic E-state index is 13.4. The third kappa shape index (κ3) is 4.65. The number of halogens is 2. The summed E-state index contributed by atoms with van der Waals surface area (Å²) in [5.74, 6) is -2.35. The Labute approximate surface area is 155 Å². The predicted molar refractivity (Wildman–Crippen MR) is 95.3 cm³/mol. The largest absolute Gasteiger partial charge is 0.337 e. The molecule has 142 valence electrons. The fourth-order valence-corrected chi connectivity index (χ4v) is 3.17. The summed E-state index contributed by atoms with van der Waals surface area (Å²) in [4.78, 5) is 26.8. The number of rotatable bonds is 4. The molecule has 0 aromatic heterocycles. The van der Waals surface area contributed by atoms with Crippen molar-refractivity contribution in [3.63, 3.8) is 0 Å². The lowest BCUT2D eigenvalue weighted by Crippen LogP contribution is -2.35. The van der Waals surface area contributed by atoms with Crippen molar-refractivity contribution < 1.29 is 18.5 Å². The van der Waals surface area contributed by atoms with Crippen LogP contribution < -0.4 is 0 Å². The molecular weight excluding hydrogens is 356 g/mol. The third-order valence-corrected chi connectivity index (χ3v) is 4.57. The van der Waals surface area contributed by atoms with E-state index >= 15 is 0 Å². The van der Waals surface area contributed by atoms with Crippen LogP contribution in [0, 0.1) is 21.7 Å². The summed E-state index contributed by atoms with van der Waals surface area (Å²) in [5.41, 5.74) is 1.02. The van der Waals surface area contributed by atoms with E-state index in [-0.39, 0.29) is 17.2 Å². The molecule has 0 spiro atoms. The van der Waals surface area contributed by atoms with Gasteiger partial charge in [-0.1, -0.05) is 12.1 Å². The first-order valence-electron chi connectivity index (χ1n) is 8.64. The van der Waals surface area contributed by atoms with Gasteiger partial charge in [-0.2, -0.15) is 0 Å². The number of carbonyl (C=O) groups is 1. The Hall–Kier alpha value is -2.87. The topological polar surface area (TPSA) is 66.7 Å². The molecule has 1 heterocycles. The molecule has 0 N–H and O–H groups in total. The van der Waals surface area contributed by atoms with Gasteiger partial charge in [-0.25, -0.2) is 8.78 Å². The molecule has 8 heteroatoms. The molecule has 2 aromatic rings. The van der Waals surface area contributed by atoms with Gasteiger partial charge in [0.05, 0.1) is 4.92 Å². The zero-order chi connectivity index (χ0) is 19.4. The second kappa shape index (κ2) is 8.22. The SMILES string of the molecule is O=C(c1ccc(F)c(F)c1)N1CCCN(Cc2cccc([N+](=O)[O-])c2)CC1. The predicted octanol–water partition coefficient (Wildman–Crippen LogP) is 3.22. The number of hydrogen-bond acceptors (Lipinski definition) is 4. The molecule has 1 aliphatic rings. The molecule has 2 aromatic carbocycles. The number of carbonyl (C=O) groups excluding carboxylic acids is 1. The Balaban J connectivity index is 1.63. The van der Waals surface area contributed by atoms with Crippen molar-refractivity contribution in [1.82, 2.24) is 9.80 Å². The van der Waals surface area contributed by atoms with Gasteiger partial charge >= 0.3 is 0 Å². The summed E-state index contributed by atoms with van der Waals surface area (Å²) in [7, 11) is 0. The summed E-state index contributed by atoms with van der Waals surface area (Å²) < 4.78 is 26.4. The lowest BCUT2D eigenvalue weighted by molar-refractivity contribution is -0.384. The van der Waals surface area contributed by atoms with Gasteiger partial charge < -0.3 is 4.90 Å². The van der Waals surface area contributed by atoms with Crippen molar-refractivity contribution in [3.8, 4) is 0 Å². The van der Waals surface area contributed by atoms with Gasteiger partial charge in [-0.15, -0.1) is 0 Å². The van der Waals surface area contributed by atoms with Crippen LogP contribution in [0.25, 0.3) is 0 Å². The number of amides is 1. The molecule has 0 radical (unpaired) electrons. The van der Waals surface area contributed by atoms with Gasteiger partial charge in [0.15, 0.2) is 11.6 Å². The zero-order valence-electron chi connectivity index (χ0n) is 14.6. The highest BCUT2D eigenvalue weighted by Crippen LogP contribution is 2.17. The van der Waals surface area contributed by atoms with Gasteiger partial charge in [0, 0.05) is 50.4 Å². The normalized spacial score (nSPS) is 15.4. The van der Waals surface area contributed by atoms with Gasteiger partial charge in [0.25, 0.3) is 11.6 Å². The molecule has 0 aliphatic carbocycles. The number of non-ortho nitro benzene ring substituents is 1. The van der Waals surface area contributed by atoms with Crippen molar-refractivity contribution in [1.29, 1.82) is 0 Å². The van der Waals surface area contributed by atoms with Crippen LogP contribution in [0.2, 0.25) is 0 Å². The van der Waals surface area contributed by atoms with E-state index in [9.17, 15) is 23.7 Å². The Kier molecular flexibility index (Phi) is 5.75. The van der Waals surface area contributed by atoms with E-state index in [1.165, 1.54) is 12.1 Å². The highest BCUT2D eigenvalue weighted by atomic mass is 19.2. The Morgan fingerprint density at radius 2 is 1.85 bits per heavy atom. The molecule has 1 fully saturated rings. The van der Waals surface area contributed by atoms with E-state index in [4.69, 9.17) is 0 Å². The molecule has 1 saturated heterocycles. The van der Waals surface area contributed by atoms with Crippen molar-refractivity contribution in [2.24, 2.45) is 0 Å². The van der Waals surface area contributed by atoms with Crippen molar-refractivity contribution in [2.45, 2.75) is 13.0 Å². The molecule has 0 bridgehead atoms. The van der Waals surface area contributed by atoms with Gasteiger partial charge in [-0.05, 0) is 30.2 Å². The van der Waals surface area contributed by atoms with Crippen LogP contribution in [-0.4, -0.2) is 46.8 Å². The molecule has 1 aliphatic heterocycles. The van der Waals surface area contributed by atoms with E-state index in [2.05, 4.69) is 4.90 Å². The van der Waals surface area contributed by atoms with Gasteiger partial charge in [-0.3, -0.25) is 19.8 Å². The molecule has 1 amide bonds. The Morgan fingerprint density at radius 3 is 2.59 bits per heavy atom. The van der Waals surface area contributed by atoms with Crippen molar-refractivity contribution >= 4 is 11.6 Å². The minimum atomic E-state index is -1.04. The summed E-state index contributed by atoms with van der Waals surface area (Å²) in [6.07, 6.45) is 0.727. The maximum atomic E-state index is 13.4. The number of nitro benzene ring substituents is 1. The lowest BCUT2D eigenvalue weighted by Gasteiger charge is -2.22. The van der Waals surface area contributed by atoms with Crippen LogP contribution >= 0.6 is 0 Å². The monoisotopic (exact) mass is 375 g/mol. The van der Waals surface area contributed by atoms with Crippen LogP contribution in [0.5, 0.6) is 0 Å². The molecule has 6 nitrogen and oxygen atoms in total. The standard InChI is InChI=1S/C19H19F2N3O3/c20-17-6-5-15(12-18(17)21)19(25)23-8-2-7-22(9-10-23)13-14-3-1-4-16(11-14)24(26)27/h1,3-6,11-12H,2,7-10,13H2. The molecule has 3 rings (SSSR count). The highest BCUT2D eigenvalue weighted by Gasteiger charge is 2.21. The first-order chi connectivity index (χ1) is 12.9. The summed E-state index contributed by atoms with van der Waals surface area (Å²) in [6, 6.07) is 9.65. The summed E-state index contributed by atoms with van der Waals surface area (Å²) >= 11 is 0. The highest BCUT2D eigenvalue weighted by molar-refractivity contribution is 5.94. The molecule has 0 atom stereocenters. The van der Waals surface area contributed by atoms with Crippen LogP contribution in [0.4, 0.5) is 14.5 Å². The summed E-state index contributed by atoms with van der Waals surface area (Å²) in [6.45, 7) is 2.85. The molecule has 27 heavy (non-hydrogen) atoms. The van der Waals surface area contributed by atoms with Crippen molar-refractivity contribution in [3.05, 3.63) is 75.3 Å². The van der Waals surface area contributed by atoms with Crippen molar-refractivity contribution in [2.75, 3.05) is 26.2 Å². The van der Waals surface area contributed by atoms with Crippen LogP contribution in [-0.2, 0) is 6.54 Å². The minimum Gasteiger partial charge on any atom is -0.337 e. The van der Waals surface area contributed by atoms with Crippen LogP contribution in [0.3, 0.4) is 0 Å². The third-order valence-electron chi connectivity index (χ3n) is 4.57.